The van der Waals surface area contributed by atoms with Crippen LogP contribution in [0.1, 0.15) is 12.5 Å². The number of hydrogen-bond donors (Lipinski definition) is 0. The fourth-order valence-electron chi connectivity index (χ4n) is 1.06. The highest BCUT2D eigenvalue weighted by atomic mass is 79.9. The predicted molar refractivity (Wildman–Crippen MR) is 52.6 cm³/mol. The Kier molecular flexibility index (Phi) is 3.31. The first-order chi connectivity index (χ1) is 5.72. The summed E-state index contributed by atoms with van der Waals surface area (Å²) in [5.74, 6) is 0.0966. The van der Waals surface area contributed by atoms with E-state index >= 15 is 0 Å². The van der Waals surface area contributed by atoms with Gasteiger partial charge < -0.3 is 0 Å². The highest BCUT2D eigenvalue weighted by Crippen LogP contribution is 2.14. The predicted octanol–water partition coefficient (Wildman–Crippen LogP) is 3.15. The SMILES string of the molecule is CC(C#N)Cc1cccc(Br)c1. The Labute approximate surface area is 81.2 Å². The molecule has 0 bridgehead atoms. The smallest absolute Gasteiger partial charge is 0.0656 e. The molecule has 0 aliphatic heterocycles. The molecule has 0 spiro atoms. The van der Waals surface area contributed by atoms with Crippen LogP contribution in [-0.2, 0) is 6.42 Å². The van der Waals surface area contributed by atoms with Crippen LogP contribution in [0.2, 0.25) is 0 Å². The zero-order valence-corrected chi connectivity index (χ0v) is 8.51. The van der Waals surface area contributed by atoms with E-state index in [0.29, 0.717) is 0 Å². The first-order valence-electron chi connectivity index (χ1n) is 3.86. The maximum atomic E-state index is 8.60. The Morgan fingerprint density at radius 3 is 2.92 bits per heavy atom. The van der Waals surface area contributed by atoms with E-state index in [1.807, 2.05) is 31.2 Å². The summed E-state index contributed by atoms with van der Waals surface area (Å²) in [5, 5.41) is 8.60. The van der Waals surface area contributed by atoms with E-state index in [1.54, 1.807) is 0 Å². The second-order valence-corrected chi connectivity index (χ2v) is 3.78. The summed E-state index contributed by atoms with van der Waals surface area (Å²) >= 11 is 3.39. The van der Waals surface area contributed by atoms with Crippen molar-refractivity contribution in [2.45, 2.75) is 13.3 Å². The third kappa shape index (κ3) is 2.67. The fourth-order valence-corrected chi connectivity index (χ4v) is 1.51. The molecule has 2 heteroatoms. The summed E-state index contributed by atoms with van der Waals surface area (Å²) in [6.07, 6.45) is 0.829. The maximum Gasteiger partial charge on any atom is 0.0656 e. The van der Waals surface area contributed by atoms with E-state index < -0.39 is 0 Å². The first-order valence-corrected chi connectivity index (χ1v) is 4.65. The average molecular weight is 224 g/mol. The van der Waals surface area contributed by atoms with Gasteiger partial charge in [-0.15, -0.1) is 0 Å². The van der Waals surface area contributed by atoms with Crippen LogP contribution < -0.4 is 0 Å². The Balaban J connectivity index is 2.71. The molecule has 1 rings (SSSR count). The zero-order valence-electron chi connectivity index (χ0n) is 6.92. The highest BCUT2D eigenvalue weighted by molar-refractivity contribution is 9.10. The van der Waals surface area contributed by atoms with Crippen LogP contribution >= 0.6 is 15.9 Å². The van der Waals surface area contributed by atoms with Crippen LogP contribution in [0.4, 0.5) is 0 Å². The molecular formula is C10H10BrN. The van der Waals surface area contributed by atoms with Gasteiger partial charge in [-0.1, -0.05) is 28.1 Å². The van der Waals surface area contributed by atoms with E-state index in [1.165, 1.54) is 5.56 Å². The third-order valence-electron chi connectivity index (χ3n) is 1.65. The van der Waals surface area contributed by atoms with E-state index in [9.17, 15) is 0 Å². The van der Waals surface area contributed by atoms with Crippen molar-refractivity contribution in [3.8, 4) is 6.07 Å². The molecule has 1 unspecified atom stereocenters. The summed E-state index contributed by atoms with van der Waals surface area (Å²) < 4.78 is 1.07. The number of nitrogens with zero attached hydrogens (tertiary/aromatic N) is 1. The van der Waals surface area contributed by atoms with E-state index in [4.69, 9.17) is 5.26 Å². The molecule has 1 aromatic carbocycles. The van der Waals surface area contributed by atoms with Gasteiger partial charge in [0.2, 0.25) is 0 Å². The molecule has 0 fully saturated rings. The van der Waals surface area contributed by atoms with Crippen LogP contribution in [0.15, 0.2) is 28.7 Å². The first kappa shape index (κ1) is 9.28. The summed E-state index contributed by atoms with van der Waals surface area (Å²) in [4.78, 5) is 0. The lowest BCUT2D eigenvalue weighted by Crippen LogP contribution is -1.95. The molecule has 62 valence electrons. The molecule has 0 N–H and O–H groups in total. The van der Waals surface area contributed by atoms with Crippen LogP contribution in [-0.4, -0.2) is 0 Å². The molecule has 0 radical (unpaired) electrons. The zero-order chi connectivity index (χ0) is 8.97. The van der Waals surface area contributed by atoms with Gasteiger partial charge in [-0.3, -0.25) is 0 Å². The number of benzene rings is 1. The molecule has 0 saturated heterocycles. The molecular weight excluding hydrogens is 214 g/mol. The number of rotatable bonds is 2. The number of hydrogen-bond acceptors (Lipinski definition) is 1. The van der Waals surface area contributed by atoms with Gasteiger partial charge in [-0.25, -0.2) is 0 Å². The van der Waals surface area contributed by atoms with Crippen LogP contribution in [0.3, 0.4) is 0 Å². The van der Waals surface area contributed by atoms with Gasteiger partial charge in [0.1, 0.15) is 0 Å². The molecule has 1 nitrogen and oxygen atoms in total. The molecule has 0 aliphatic carbocycles. The largest absolute Gasteiger partial charge is 0.198 e. The second-order valence-electron chi connectivity index (χ2n) is 2.86. The minimum Gasteiger partial charge on any atom is -0.198 e. The van der Waals surface area contributed by atoms with Gasteiger partial charge in [-0.2, -0.15) is 5.26 Å². The van der Waals surface area contributed by atoms with Crippen molar-refractivity contribution in [2.24, 2.45) is 5.92 Å². The van der Waals surface area contributed by atoms with Gasteiger partial charge in [0, 0.05) is 10.4 Å². The van der Waals surface area contributed by atoms with E-state index in [-0.39, 0.29) is 5.92 Å². The quantitative estimate of drug-likeness (QED) is 0.756. The second kappa shape index (κ2) is 4.27. The van der Waals surface area contributed by atoms with Crippen molar-refractivity contribution in [1.82, 2.24) is 0 Å². The molecule has 0 amide bonds. The van der Waals surface area contributed by atoms with Crippen molar-refractivity contribution >= 4 is 15.9 Å². The molecule has 12 heavy (non-hydrogen) atoms. The molecule has 1 atom stereocenters. The van der Waals surface area contributed by atoms with Crippen molar-refractivity contribution in [1.29, 1.82) is 5.26 Å². The lowest BCUT2D eigenvalue weighted by atomic mass is 10.0. The Bertz CT molecular complexity index is 301. The van der Waals surface area contributed by atoms with Gasteiger partial charge in [0.05, 0.1) is 6.07 Å². The van der Waals surface area contributed by atoms with Gasteiger partial charge in [0.25, 0.3) is 0 Å². The monoisotopic (exact) mass is 223 g/mol. The topological polar surface area (TPSA) is 23.8 Å². The lowest BCUT2D eigenvalue weighted by molar-refractivity contribution is 0.738. The van der Waals surface area contributed by atoms with Gasteiger partial charge in [0.15, 0.2) is 0 Å². The normalized spacial score (nSPS) is 12.1. The van der Waals surface area contributed by atoms with Crippen molar-refractivity contribution < 1.29 is 0 Å². The van der Waals surface area contributed by atoms with Crippen molar-refractivity contribution in [2.75, 3.05) is 0 Å². The van der Waals surface area contributed by atoms with Crippen molar-refractivity contribution in [3.63, 3.8) is 0 Å². The number of halogens is 1. The summed E-state index contributed by atoms with van der Waals surface area (Å²) in [7, 11) is 0. The molecule has 0 saturated carbocycles. The Morgan fingerprint density at radius 2 is 2.33 bits per heavy atom. The molecule has 0 aromatic heterocycles. The standard InChI is InChI=1S/C10H10BrN/c1-8(7-12)5-9-3-2-4-10(11)6-9/h2-4,6,8H,5H2,1H3. The summed E-state index contributed by atoms with van der Waals surface area (Å²) in [6.45, 7) is 1.93. The van der Waals surface area contributed by atoms with Crippen molar-refractivity contribution in [3.05, 3.63) is 34.3 Å². The molecule has 0 heterocycles. The molecule has 1 aromatic rings. The molecule has 0 aliphatic rings. The van der Waals surface area contributed by atoms with Crippen LogP contribution in [0.5, 0.6) is 0 Å². The fraction of sp³-hybridized carbons (Fsp3) is 0.300. The minimum absolute atomic E-state index is 0.0966. The van der Waals surface area contributed by atoms with E-state index in [2.05, 4.69) is 22.0 Å². The number of nitriles is 1. The summed E-state index contributed by atoms with van der Waals surface area (Å²) in [6, 6.07) is 10.3. The minimum atomic E-state index is 0.0966. The van der Waals surface area contributed by atoms with Gasteiger partial charge >= 0.3 is 0 Å². The Hall–Kier alpha value is -0.810. The van der Waals surface area contributed by atoms with Crippen LogP contribution in [0, 0.1) is 17.2 Å². The average Bonchev–Trinajstić information content (AvgIpc) is 2.04. The lowest BCUT2D eigenvalue weighted by Gasteiger charge is -2.02. The summed E-state index contributed by atoms with van der Waals surface area (Å²) in [5.41, 5.74) is 1.21. The Morgan fingerprint density at radius 1 is 1.58 bits per heavy atom. The van der Waals surface area contributed by atoms with Gasteiger partial charge in [-0.05, 0) is 31.0 Å². The van der Waals surface area contributed by atoms with Crippen LogP contribution in [0.25, 0.3) is 0 Å². The third-order valence-corrected chi connectivity index (χ3v) is 2.14. The maximum absolute atomic E-state index is 8.60. The van der Waals surface area contributed by atoms with E-state index in [0.717, 1.165) is 10.9 Å². The highest BCUT2D eigenvalue weighted by Gasteiger charge is 2.00.